The molecule has 0 heterocycles. The fourth-order valence-electron chi connectivity index (χ4n) is 4.86. The average Bonchev–Trinajstić information content (AvgIpc) is 3.01. The number of nitrogens with one attached hydrogen (secondary N) is 2. The minimum absolute atomic E-state index is 0.0260. The van der Waals surface area contributed by atoms with E-state index in [1.54, 1.807) is 32.0 Å². The minimum atomic E-state index is -1.30. The predicted octanol–water partition coefficient (Wildman–Crippen LogP) is 6.14. The Kier molecular flexibility index (Phi) is 13.3. The third kappa shape index (κ3) is 10.6. The molecule has 12 heteroatoms. The average molecular weight is 700 g/mol. The van der Waals surface area contributed by atoms with Crippen LogP contribution in [0, 0.1) is 11.8 Å². The van der Waals surface area contributed by atoms with Crippen molar-refractivity contribution in [2.24, 2.45) is 11.8 Å². The van der Waals surface area contributed by atoms with E-state index in [4.69, 9.17) is 32.7 Å². The fraction of sp³-hybridized carbons (Fsp3) is 0.389. The molecule has 0 aliphatic rings. The quantitative estimate of drug-likeness (QED) is 0.180. The van der Waals surface area contributed by atoms with Crippen molar-refractivity contribution in [3.63, 3.8) is 0 Å². The second kappa shape index (κ2) is 16.7. The molecule has 256 valence electrons. The Morgan fingerprint density at radius 1 is 0.812 bits per heavy atom. The fourth-order valence-corrected chi connectivity index (χ4v) is 5.41. The van der Waals surface area contributed by atoms with Gasteiger partial charge < -0.3 is 20.1 Å². The molecular formula is C36H40Cl2N2O8. The SMILES string of the molecule is CC(=O)C(CC(=O)OC(C)(C)COC(=O)c1c(Cl)cccc1Cl)NC(=O)C(C)CC(=O)C(NC(=O)c1ccc2ccccc2c1)C(C)C. The van der Waals surface area contributed by atoms with Crippen LogP contribution >= 0.6 is 23.2 Å². The summed E-state index contributed by atoms with van der Waals surface area (Å²) in [6.07, 6.45) is -0.707. The van der Waals surface area contributed by atoms with Crippen LogP contribution in [0.25, 0.3) is 10.8 Å². The lowest BCUT2D eigenvalue weighted by atomic mass is 9.92. The van der Waals surface area contributed by atoms with Crippen LogP contribution in [-0.2, 0) is 28.7 Å². The molecule has 2 N–H and O–H groups in total. The first kappa shape index (κ1) is 38.2. The highest BCUT2D eigenvalue weighted by Gasteiger charge is 2.32. The molecule has 0 radical (unpaired) electrons. The molecule has 10 nitrogen and oxygen atoms in total. The number of ketones is 2. The maximum absolute atomic E-state index is 13.3. The standard InChI is InChI=1S/C36H40Cl2N2O8/c1-20(2)32(40-34(45)25-15-14-23-10-7-8-11-24(23)17-25)29(42)16-21(3)33(44)39-28(22(4)41)18-30(43)48-36(5,6)19-47-35(46)31-26(37)12-9-13-27(31)38/h7-15,17,20-21,28,32H,16,18-19H2,1-6H3,(H,39,44)(H,40,45). The Balaban J connectivity index is 1.55. The molecule has 3 atom stereocenters. The molecule has 0 bridgehead atoms. The molecule has 48 heavy (non-hydrogen) atoms. The van der Waals surface area contributed by atoms with Crippen molar-refractivity contribution >= 4 is 69.3 Å². The molecule has 0 aromatic heterocycles. The van der Waals surface area contributed by atoms with Crippen molar-refractivity contribution in [1.29, 1.82) is 0 Å². The lowest BCUT2D eigenvalue weighted by Crippen LogP contribution is -2.47. The molecule has 3 aromatic carbocycles. The van der Waals surface area contributed by atoms with E-state index in [1.165, 1.54) is 39.8 Å². The van der Waals surface area contributed by atoms with Gasteiger partial charge in [-0.15, -0.1) is 0 Å². The molecule has 2 amide bonds. The molecule has 3 unspecified atom stereocenters. The molecule has 0 saturated heterocycles. The van der Waals surface area contributed by atoms with Crippen LogP contribution < -0.4 is 10.6 Å². The van der Waals surface area contributed by atoms with Gasteiger partial charge in [-0.25, -0.2) is 4.79 Å². The largest absolute Gasteiger partial charge is 0.458 e. The summed E-state index contributed by atoms with van der Waals surface area (Å²) in [7, 11) is 0. The predicted molar refractivity (Wildman–Crippen MR) is 183 cm³/mol. The highest BCUT2D eigenvalue weighted by molar-refractivity contribution is 6.39. The summed E-state index contributed by atoms with van der Waals surface area (Å²) in [6.45, 7) is 8.99. The van der Waals surface area contributed by atoms with Gasteiger partial charge in [-0.3, -0.25) is 24.0 Å². The summed E-state index contributed by atoms with van der Waals surface area (Å²) in [5, 5.41) is 7.40. The molecule has 0 fully saturated rings. The summed E-state index contributed by atoms with van der Waals surface area (Å²) in [4.78, 5) is 77.1. The molecule has 0 aliphatic carbocycles. The summed E-state index contributed by atoms with van der Waals surface area (Å²) < 4.78 is 10.7. The van der Waals surface area contributed by atoms with Gasteiger partial charge in [0.1, 0.15) is 12.2 Å². The Morgan fingerprint density at radius 2 is 1.44 bits per heavy atom. The van der Waals surface area contributed by atoms with Crippen LogP contribution in [0.1, 0.15) is 75.1 Å². The van der Waals surface area contributed by atoms with Crippen molar-refractivity contribution < 1.29 is 38.2 Å². The second-order valence-corrected chi connectivity index (χ2v) is 13.4. The normalized spacial score (nSPS) is 13.3. The Labute approximate surface area is 289 Å². The number of esters is 2. The zero-order valence-electron chi connectivity index (χ0n) is 27.7. The zero-order valence-corrected chi connectivity index (χ0v) is 29.2. The Morgan fingerprint density at radius 3 is 2.04 bits per heavy atom. The van der Waals surface area contributed by atoms with Crippen LogP contribution in [0.4, 0.5) is 0 Å². The number of carbonyl (C=O) groups is 6. The number of fused-ring (bicyclic) bond motifs is 1. The summed E-state index contributed by atoms with van der Waals surface area (Å²) in [5.74, 6) is -4.65. The Bertz CT molecular complexity index is 1680. The lowest BCUT2D eigenvalue weighted by molar-refractivity contribution is -0.161. The van der Waals surface area contributed by atoms with Gasteiger partial charge in [0.05, 0.1) is 34.1 Å². The summed E-state index contributed by atoms with van der Waals surface area (Å²) in [6, 6.07) is 15.3. The van der Waals surface area contributed by atoms with Gasteiger partial charge in [-0.1, -0.05) is 80.4 Å². The number of hydrogen-bond donors (Lipinski definition) is 2. The van der Waals surface area contributed by atoms with Crippen molar-refractivity contribution in [2.45, 2.75) is 72.1 Å². The smallest absolute Gasteiger partial charge is 0.341 e. The van der Waals surface area contributed by atoms with Crippen molar-refractivity contribution in [3.8, 4) is 0 Å². The zero-order chi connectivity index (χ0) is 35.8. The van der Waals surface area contributed by atoms with E-state index in [2.05, 4.69) is 10.6 Å². The number of hydrogen-bond acceptors (Lipinski definition) is 8. The highest BCUT2D eigenvalue weighted by Crippen LogP contribution is 2.26. The van der Waals surface area contributed by atoms with E-state index in [1.807, 2.05) is 30.3 Å². The topological polar surface area (TPSA) is 145 Å². The van der Waals surface area contributed by atoms with Crippen molar-refractivity contribution in [2.75, 3.05) is 6.61 Å². The molecule has 0 saturated carbocycles. The maximum atomic E-state index is 13.3. The molecule has 3 rings (SSSR count). The second-order valence-electron chi connectivity index (χ2n) is 12.6. The number of benzene rings is 3. The van der Waals surface area contributed by atoms with E-state index < -0.39 is 59.6 Å². The van der Waals surface area contributed by atoms with Crippen LogP contribution in [0.2, 0.25) is 10.0 Å². The van der Waals surface area contributed by atoms with Crippen LogP contribution in [0.15, 0.2) is 60.7 Å². The first-order valence-electron chi connectivity index (χ1n) is 15.4. The molecule has 3 aromatic rings. The van der Waals surface area contributed by atoms with E-state index in [0.29, 0.717) is 5.56 Å². The van der Waals surface area contributed by atoms with Crippen LogP contribution in [0.3, 0.4) is 0 Å². The minimum Gasteiger partial charge on any atom is -0.458 e. The van der Waals surface area contributed by atoms with Crippen molar-refractivity contribution in [3.05, 3.63) is 81.8 Å². The van der Waals surface area contributed by atoms with Gasteiger partial charge in [0.15, 0.2) is 11.6 Å². The van der Waals surface area contributed by atoms with Crippen molar-refractivity contribution in [1.82, 2.24) is 10.6 Å². The number of Topliss-reactive ketones (excluding diaryl/α,β-unsaturated/α-hetero) is 2. The van der Waals surface area contributed by atoms with E-state index in [0.717, 1.165) is 10.8 Å². The summed E-state index contributed by atoms with van der Waals surface area (Å²) >= 11 is 12.1. The van der Waals surface area contributed by atoms with Crippen LogP contribution in [-0.4, -0.2) is 59.6 Å². The number of ether oxygens (including phenoxy) is 2. The van der Waals surface area contributed by atoms with Gasteiger partial charge in [-0.2, -0.15) is 0 Å². The highest BCUT2D eigenvalue weighted by atomic mass is 35.5. The monoisotopic (exact) mass is 698 g/mol. The number of carbonyl (C=O) groups excluding carboxylic acids is 6. The molecule has 0 spiro atoms. The van der Waals surface area contributed by atoms with E-state index in [9.17, 15) is 28.8 Å². The Hall–Kier alpha value is -4.28. The number of halogens is 2. The maximum Gasteiger partial charge on any atom is 0.341 e. The van der Waals surface area contributed by atoms with E-state index >= 15 is 0 Å². The number of amides is 2. The third-order valence-electron chi connectivity index (χ3n) is 7.55. The third-order valence-corrected chi connectivity index (χ3v) is 8.18. The molecule has 0 aliphatic heterocycles. The first-order chi connectivity index (χ1) is 22.5. The lowest BCUT2D eigenvalue weighted by Gasteiger charge is -2.26. The first-order valence-corrected chi connectivity index (χ1v) is 16.2. The van der Waals surface area contributed by atoms with Crippen LogP contribution in [0.5, 0.6) is 0 Å². The van der Waals surface area contributed by atoms with Gasteiger partial charge in [0.25, 0.3) is 5.91 Å². The summed E-state index contributed by atoms with van der Waals surface area (Å²) in [5.41, 5.74) is -0.920. The van der Waals surface area contributed by atoms with Gasteiger partial charge in [-0.05, 0) is 61.7 Å². The van der Waals surface area contributed by atoms with Gasteiger partial charge in [0.2, 0.25) is 5.91 Å². The van der Waals surface area contributed by atoms with Gasteiger partial charge >= 0.3 is 11.9 Å². The molecular weight excluding hydrogens is 659 g/mol. The number of rotatable bonds is 15. The van der Waals surface area contributed by atoms with Gasteiger partial charge in [0, 0.05) is 17.9 Å². The van der Waals surface area contributed by atoms with E-state index in [-0.39, 0.29) is 40.3 Å².